The number of hydrogen-bond donors (Lipinski definition) is 2. The Hall–Kier alpha value is -4.45. The Kier molecular flexibility index (Phi) is 6.80. The summed E-state index contributed by atoms with van der Waals surface area (Å²) in [5.74, 6) is -0.856. The first-order chi connectivity index (χ1) is 19.5. The maximum absolute atomic E-state index is 14.2. The predicted octanol–water partition coefficient (Wildman–Crippen LogP) is 4.26. The molecule has 4 heterocycles. The second-order valence-electron chi connectivity index (χ2n) is 12.3. The van der Waals surface area contributed by atoms with Crippen molar-refractivity contribution in [2.45, 2.75) is 84.5 Å². The van der Waals surface area contributed by atoms with Crippen molar-refractivity contribution in [1.29, 1.82) is 0 Å². The molecular weight excluding hydrogens is 544 g/mol. The maximum atomic E-state index is 14.2. The van der Waals surface area contributed by atoms with E-state index in [1.807, 2.05) is 18.2 Å². The number of fused-ring (bicyclic) bond motifs is 5. The van der Waals surface area contributed by atoms with Crippen LogP contribution < -0.4 is 11.0 Å². The number of hydrogen-bond acceptors (Lipinski definition) is 9. The van der Waals surface area contributed by atoms with Gasteiger partial charge < -0.3 is 19.3 Å². The van der Waals surface area contributed by atoms with E-state index in [1.54, 1.807) is 60.6 Å². The number of ether oxygens (including phenoxy) is 3. The molecule has 0 unspecified atom stereocenters. The second-order valence-corrected chi connectivity index (χ2v) is 12.3. The summed E-state index contributed by atoms with van der Waals surface area (Å²) in [5, 5.41) is 12.9. The van der Waals surface area contributed by atoms with Crippen LogP contribution >= 0.6 is 0 Å². The summed E-state index contributed by atoms with van der Waals surface area (Å²) < 4.78 is 17.6. The van der Waals surface area contributed by atoms with Gasteiger partial charge in [0.1, 0.15) is 17.8 Å². The number of aromatic nitrogens is 2. The number of aliphatic hydroxyl groups is 1. The molecule has 1 aromatic carbocycles. The summed E-state index contributed by atoms with van der Waals surface area (Å²) >= 11 is 0. The van der Waals surface area contributed by atoms with E-state index in [2.05, 4.69) is 5.43 Å². The van der Waals surface area contributed by atoms with Gasteiger partial charge in [0.05, 0.1) is 22.5 Å². The molecule has 2 aliphatic heterocycles. The average Bonchev–Trinajstić information content (AvgIpc) is 3.19. The third-order valence-electron chi connectivity index (χ3n) is 6.95. The fraction of sp³-hybridized carbons (Fsp3) is 0.433. The number of pyridine rings is 2. The van der Waals surface area contributed by atoms with E-state index in [0.29, 0.717) is 16.8 Å². The standard InChI is InChI=1S/C30H34N4O8/c1-8-30(39)19-14-21-22-17(13-16-11-9-10-12-20(16)31-22)23(33(21)24(35)18(19)15-40-25(30)36)34(27(38)42-29(5,6)7)32-26(37)41-28(2,3)4/h9-14,23,39H,8,15H2,1-7H3,(H,32,37)/t23-,30-/m0/s1. The molecule has 5 rings (SSSR count). The SMILES string of the molecule is CC[C@@]1(O)C(=O)OCc2c1cc1n(c2=O)[C@@H](N(NC(=O)OC(C)(C)C)C(=O)OC(C)(C)C)c2cc3ccccc3nc2-1. The van der Waals surface area contributed by atoms with Crippen molar-refractivity contribution in [3.63, 3.8) is 0 Å². The Balaban J connectivity index is 1.79. The van der Waals surface area contributed by atoms with Gasteiger partial charge in [-0.1, -0.05) is 25.1 Å². The Bertz CT molecular complexity index is 1680. The fourth-order valence-electron chi connectivity index (χ4n) is 5.14. The summed E-state index contributed by atoms with van der Waals surface area (Å²) in [6.45, 7) is 11.3. The minimum absolute atomic E-state index is 0.0343. The van der Waals surface area contributed by atoms with Gasteiger partial charge in [-0.3, -0.25) is 9.36 Å². The number of nitrogens with one attached hydrogen (secondary N) is 1. The van der Waals surface area contributed by atoms with Crippen LogP contribution in [-0.4, -0.2) is 49.0 Å². The van der Waals surface area contributed by atoms with Crippen molar-refractivity contribution in [3.8, 4) is 11.4 Å². The Morgan fingerprint density at radius 2 is 1.79 bits per heavy atom. The van der Waals surface area contributed by atoms with E-state index in [1.165, 1.54) is 10.6 Å². The minimum Gasteiger partial charge on any atom is -0.458 e. The van der Waals surface area contributed by atoms with Crippen LogP contribution in [0.15, 0.2) is 41.2 Å². The number of esters is 1. The van der Waals surface area contributed by atoms with Gasteiger partial charge in [0, 0.05) is 16.5 Å². The number of rotatable bonds is 2. The van der Waals surface area contributed by atoms with Crippen molar-refractivity contribution in [3.05, 3.63) is 63.4 Å². The normalized spacial score (nSPS) is 19.3. The molecule has 3 aromatic rings. The van der Waals surface area contributed by atoms with Crippen LogP contribution in [0.3, 0.4) is 0 Å². The first-order valence-corrected chi connectivity index (χ1v) is 13.6. The Labute approximate surface area is 242 Å². The quantitative estimate of drug-likeness (QED) is 0.258. The molecule has 2 amide bonds. The highest BCUT2D eigenvalue weighted by molar-refractivity contribution is 5.87. The van der Waals surface area contributed by atoms with Crippen molar-refractivity contribution >= 4 is 29.1 Å². The number of para-hydroxylation sites is 1. The molecule has 2 atom stereocenters. The molecule has 0 aliphatic carbocycles. The predicted molar refractivity (Wildman–Crippen MR) is 151 cm³/mol. The molecule has 222 valence electrons. The number of benzene rings is 1. The summed E-state index contributed by atoms with van der Waals surface area (Å²) in [4.78, 5) is 58.4. The Morgan fingerprint density at radius 3 is 2.43 bits per heavy atom. The lowest BCUT2D eigenvalue weighted by molar-refractivity contribution is -0.172. The fourth-order valence-corrected chi connectivity index (χ4v) is 5.14. The first kappa shape index (κ1) is 29.1. The molecule has 0 fully saturated rings. The van der Waals surface area contributed by atoms with Crippen LogP contribution in [-0.2, 0) is 31.2 Å². The van der Waals surface area contributed by atoms with Crippen LogP contribution in [0.2, 0.25) is 0 Å². The highest BCUT2D eigenvalue weighted by Gasteiger charge is 2.48. The van der Waals surface area contributed by atoms with Gasteiger partial charge >= 0.3 is 18.2 Å². The molecule has 0 saturated heterocycles. The maximum Gasteiger partial charge on any atom is 0.431 e. The zero-order valence-corrected chi connectivity index (χ0v) is 24.6. The van der Waals surface area contributed by atoms with Crippen LogP contribution in [0.1, 0.15) is 77.7 Å². The van der Waals surface area contributed by atoms with Gasteiger partial charge in [0.15, 0.2) is 11.8 Å². The van der Waals surface area contributed by atoms with Crippen LogP contribution in [0.4, 0.5) is 9.59 Å². The molecule has 2 N–H and O–H groups in total. The number of amides is 2. The van der Waals surface area contributed by atoms with E-state index in [4.69, 9.17) is 19.2 Å². The van der Waals surface area contributed by atoms with E-state index in [-0.39, 0.29) is 29.8 Å². The third-order valence-corrected chi connectivity index (χ3v) is 6.95. The number of nitrogens with zero attached hydrogens (tertiary/aromatic N) is 3. The van der Waals surface area contributed by atoms with Crippen molar-refractivity contribution < 1.29 is 33.7 Å². The Morgan fingerprint density at radius 1 is 1.12 bits per heavy atom. The van der Waals surface area contributed by atoms with E-state index >= 15 is 0 Å². The van der Waals surface area contributed by atoms with Crippen LogP contribution in [0.5, 0.6) is 0 Å². The largest absolute Gasteiger partial charge is 0.458 e. The molecule has 0 spiro atoms. The average molecular weight is 579 g/mol. The van der Waals surface area contributed by atoms with Crippen LogP contribution in [0, 0.1) is 0 Å². The summed E-state index contributed by atoms with van der Waals surface area (Å²) in [5.41, 5.74) is -0.287. The monoisotopic (exact) mass is 578 g/mol. The van der Waals surface area contributed by atoms with E-state index in [9.17, 15) is 24.3 Å². The zero-order chi connectivity index (χ0) is 30.8. The molecular formula is C30H34N4O8. The lowest BCUT2D eigenvalue weighted by Gasteiger charge is -2.35. The lowest BCUT2D eigenvalue weighted by atomic mass is 9.86. The summed E-state index contributed by atoms with van der Waals surface area (Å²) in [6, 6.07) is 10.6. The molecule has 0 saturated carbocycles. The molecule has 0 bridgehead atoms. The van der Waals surface area contributed by atoms with Crippen molar-refractivity contribution in [2.75, 3.05) is 0 Å². The van der Waals surface area contributed by atoms with Gasteiger partial charge in [0.25, 0.3) is 5.56 Å². The molecule has 42 heavy (non-hydrogen) atoms. The topological polar surface area (TPSA) is 149 Å². The minimum atomic E-state index is -2.04. The number of carbonyl (C=O) groups excluding carboxylic acids is 3. The molecule has 0 radical (unpaired) electrons. The van der Waals surface area contributed by atoms with Gasteiger partial charge in [-0.15, -0.1) is 0 Å². The van der Waals surface area contributed by atoms with E-state index < -0.39 is 46.7 Å². The first-order valence-electron chi connectivity index (χ1n) is 13.6. The van der Waals surface area contributed by atoms with E-state index in [0.717, 1.165) is 10.4 Å². The molecule has 12 heteroatoms. The van der Waals surface area contributed by atoms with Gasteiger partial charge in [-0.25, -0.2) is 24.8 Å². The number of cyclic esters (lactones) is 1. The lowest BCUT2D eigenvalue weighted by Crippen LogP contribution is -2.54. The summed E-state index contributed by atoms with van der Waals surface area (Å²) in [6.07, 6.45) is -3.20. The van der Waals surface area contributed by atoms with Gasteiger partial charge in [-0.2, -0.15) is 5.01 Å². The summed E-state index contributed by atoms with van der Waals surface area (Å²) in [7, 11) is 0. The third kappa shape index (κ3) is 4.95. The second kappa shape index (κ2) is 9.83. The van der Waals surface area contributed by atoms with Gasteiger partial charge in [0.2, 0.25) is 0 Å². The smallest absolute Gasteiger partial charge is 0.431 e. The molecule has 2 aliphatic rings. The highest BCUT2D eigenvalue weighted by Crippen LogP contribution is 2.43. The number of carbonyl (C=O) groups is 3. The highest BCUT2D eigenvalue weighted by atomic mass is 16.6. The van der Waals surface area contributed by atoms with Crippen molar-refractivity contribution in [2.24, 2.45) is 0 Å². The van der Waals surface area contributed by atoms with Gasteiger partial charge in [-0.05, 0) is 66.2 Å². The van der Waals surface area contributed by atoms with Crippen LogP contribution in [0.25, 0.3) is 22.3 Å². The number of hydrazine groups is 1. The molecule has 2 aromatic heterocycles. The van der Waals surface area contributed by atoms with Crippen molar-refractivity contribution in [1.82, 2.24) is 20.0 Å². The molecule has 12 nitrogen and oxygen atoms in total. The zero-order valence-electron chi connectivity index (χ0n) is 24.6.